The van der Waals surface area contributed by atoms with Gasteiger partial charge in [-0.1, -0.05) is 0 Å². The van der Waals surface area contributed by atoms with Crippen LogP contribution in [0.4, 0.5) is 0 Å². The van der Waals surface area contributed by atoms with Crippen LogP contribution in [0.5, 0.6) is 0 Å². The Kier molecular flexibility index (Phi) is 4.20. The van der Waals surface area contributed by atoms with Gasteiger partial charge in [0, 0.05) is 0 Å². The first kappa shape index (κ1) is 10.5. The summed E-state index contributed by atoms with van der Waals surface area (Å²) >= 11 is 0. The molecule has 66 valence electrons. The SMILES string of the molecule is C[C@@H](O)[C@@H](O)C(=N)[C@H](O)CO. The van der Waals surface area contributed by atoms with Crippen molar-refractivity contribution in [3.05, 3.63) is 0 Å². The minimum absolute atomic E-state index is 0.470. The van der Waals surface area contributed by atoms with Crippen LogP contribution in [0, 0.1) is 5.41 Å². The second kappa shape index (κ2) is 4.40. The van der Waals surface area contributed by atoms with Gasteiger partial charge < -0.3 is 25.8 Å². The average molecular weight is 163 g/mol. The van der Waals surface area contributed by atoms with Crippen LogP contribution < -0.4 is 0 Å². The minimum Gasteiger partial charge on any atom is -0.393 e. The minimum atomic E-state index is -1.41. The van der Waals surface area contributed by atoms with E-state index in [1.165, 1.54) is 6.92 Å². The third-order valence-corrected chi connectivity index (χ3v) is 1.31. The quantitative estimate of drug-likeness (QED) is 0.312. The molecule has 0 amide bonds. The van der Waals surface area contributed by atoms with Crippen LogP contribution in [0.2, 0.25) is 0 Å². The summed E-state index contributed by atoms with van der Waals surface area (Å²) in [7, 11) is 0. The highest BCUT2D eigenvalue weighted by molar-refractivity contribution is 5.90. The van der Waals surface area contributed by atoms with Crippen molar-refractivity contribution in [3.8, 4) is 0 Å². The molecular formula is C6H13NO4. The van der Waals surface area contributed by atoms with Gasteiger partial charge in [-0.2, -0.15) is 0 Å². The van der Waals surface area contributed by atoms with Gasteiger partial charge in [0.15, 0.2) is 0 Å². The lowest BCUT2D eigenvalue weighted by Gasteiger charge is -2.17. The summed E-state index contributed by atoms with van der Waals surface area (Å²) in [6.45, 7) is 0.673. The molecule has 11 heavy (non-hydrogen) atoms. The van der Waals surface area contributed by atoms with Crippen LogP contribution in [0.1, 0.15) is 6.92 Å². The number of hydrogen-bond acceptors (Lipinski definition) is 5. The van der Waals surface area contributed by atoms with Gasteiger partial charge in [-0.15, -0.1) is 0 Å². The molecule has 0 aliphatic heterocycles. The van der Waals surface area contributed by atoms with Gasteiger partial charge in [0.2, 0.25) is 0 Å². The van der Waals surface area contributed by atoms with E-state index in [9.17, 15) is 0 Å². The third-order valence-electron chi connectivity index (χ3n) is 1.31. The average Bonchev–Trinajstić information content (AvgIpc) is 2.00. The summed E-state index contributed by atoms with van der Waals surface area (Å²) in [5.74, 6) is 0. The summed E-state index contributed by atoms with van der Waals surface area (Å²) in [5.41, 5.74) is -0.470. The maximum absolute atomic E-state index is 8.95. The maximum Gasteiger partial charge on any atom is 0.120 e. The maximum atomic E-state index is 8.95. The largest absolute Gasteiger partial charge is 0.393 e. The highest BCUT2D eigenvalue weighted by Crippen LogP contribution is 1.98. The van der Waals surface area contributed by atoms with Crippen molar-refractivity contribution in [2.45, 2.75) is 25.2 Å². The van der Waals surface area contributed by atoms with Crippen LogP contribution in [-0.4, -0.2) is 51.1 Å². The number of aliphatic hydroxyl groups is 4. The van der Waals surface area contributed by atoms with E-state index >= 15 is 0 Å². The Bertz CT molecular complexity index is 137. The van der Waals surface area contributed by atoms with Crippen molar-refractivity contribution in [3.63, 3.8) is 0 Å². The van der Waals surface area contributed by atoms with Gasteiger partial charge >= 0.3 is 0 Å². The molecule has 5 nitrogen and oxygen atoms in total. The molecule has 0 saturated heterocycles. The fraction of sp³-hybridized carbons (Fsp3) is 0.833. The van der Waals surface area contributed by atoms with E-state index in [1.54, 1.807) is 0 Å². The fourth-order valence-corrected chi connectivity index (χ4v) is 0.555. The molecule has 0 heterocycles. The van der Waals surface area contributed by atoms with E-state index < -0.39 is 30.6 Å². The van der Waals surface area contributed by atoms with E-state index in [4.69, 9.17) is 25.8 Å². The molecule has 0 aromatic heterocycles. The molecule has 3 atom stereocenters. The van der Waals surface area contributed by atoms with Crippen LogP contribution in [0.3, 0.4) is 0 Å². The lowest BCUT2D eigenvalue weighted by Crippen LogP contribution is -2.40. The monoisotopic (exact) mass is 163 g/mol. The van der Waals surface area contributed by atoms with Gasteiger partial charge in [-0.25, -0.2) is 0 Å². The molecule has 0 aromatic rings. The molecule has 0 unspecified atom stereocenters. The van der Waals surface area contributed by atoms with Gasteiger partial charge in [-0.3, -0.25) is 0 Å². The van der Waals surface area contributed by atoms with Crippen molar-refractivity contribution in [1.29, 1.82) is 5.41 Å². The molecule has 5 N–H and O–H groups in total. The Hall–Kier alpha value is -0.490. The highest BCUT2D eigenvalue weighted by Gasteiger charge is 2.22. The standard InChI is InChI=1S/C6H13NO4/c1-3(9)6(11)5(7)4(10)2-8/h3-4,6-11H,2H2,1H3/t3-,4-,6-/m1/s1. The summed E-state index contributed by atoms with van der Waals surface area (Å²) in [6, 6.07) is 0. The lowest BCUT2D eigenvalue weighted by atomic mass is 10.1. The molecule has 0 spiro atoms. The summed E-state index contributed by atoms with van der Waals surface area (Å²) < 4.78 is 0. The molecule has 0 saturated carbocycles. The second-order valence-corrected chi connectivity index (χ2v) is 2.34. The first-order valence-electron chi connectivity index (χ1n) is 3.24. The number of nitrogens with one attached hydrogen (secondary N) is 1. The fourth-order valence-electron chi connectivity index (χ4n) is 0.555. The van der Waals surface area contributed by atoms with Crippen molar-refractivity contribution in [1.82, 2.24) is 0 Å². The Morgan fingerprint density at radius 3 is 2.09 bits per heavy atom. The lowest BCUT2D eigenvalue weighted by molar-refractivity contribution is 0.0588. The normalized spacial score (nSPS) is 19.0. The summed E-state index contributed by atoms with van der Waals surface area (Å²) in [6.07, 6.45) is -3.90. The van der Waals surface area contributed by atoms with E-state index in [-0.39, 0.29) is 0 Å². The third kappa shape index (κ3) is 2.94. The highest BCUT2D eigenvalue weighted by atomic mass is 16.3. The summed E-state index contributed by atoms with van der Waals surface area (Å²) in [5, 5.41) is 41.9. The van der Waals surface area contributed by atoms with E-state index in [2.05, 4.69) is 0 Å². The van der Waals surface area contributed by atoms with Crippen molar-refractivity contribution in [2.24, 2.45) is 0 Å². The Morgan fingerprint density at radius 1 is 1.36 bits per heavy atom. The zero-order chi connectivity index (χ0) is 9.02. The van der Waals surface area contributed by atoms with Crippen molar-refractivity contribution in [2.75, 3.05) is 6.61 Å². The van der Waals surface area contributed by atoms with E-state index in [1.807, 2.05) is 0 Å². The number of rotatable bonds is 4. The first-order valence-corrected chi connectivity index (χ1v) is 3.24. The number of hydrogen-bond donors (Lipinski definition) is 5. The van der Waals surface area contributed by atoms with Gasteiger partial charge in [-0.05, 0) is 6.92 Å². The molecule has 0 radical (unpaired) electrons. The smallest absolute Gasteiger partial charge is 0.120 e. The first-order chi connectivity index (χ1) is 5.00. The van der Waals surface area contributed by atoms with E-state index in [0.29, 0.717) is 0 Å². The molecule has 0 aliphatic carbocycles. The summed E-state index contributed by atoms with van der Waals surface area (Å²) in [4.78, 5) is 0. The molecule has 0 fully saturated rings. The Balaban J connectivity index is 4.02. The zero-order valence-electron chi connectivity index (χ0n) is 6.23. The molecule has 0 aromatic carbocycles. The Morgan fingerprint density at radius 2 is 1.82 bits per heavy atom. The molecular weight excluding hydrogens is 150 g/mol. The molecule has 0 bridgehead atoms. The zero-order valence-corrected chi connectivity index (χ0v) is 6.23. The van der Waals surface area contributed by atoms with Crippen LogP contribution in [0.15, 0.2) is 0 Å². The van der Waals surface area contributed by atoms with Gasteiger partial charge in [0.05, 0.1) is 18.4 Å². The number of aliphatic hydroxyl groups excluding tert-OH is 4. The second-order valence-electron chi connectivity index (χ2n) is 2.34. The van der Waals surface area contributed by atoms with Crippen molar-refractivity contribution < 1.29 is 20.4 Å². The molecule has 0 rings (SSSR count). The predicted octanol–water partition coefficient (Wildman–Crippen LogP) is -1.90. The van der Waals surface area contributed by atoms with Gasteiger partial charge in [0.1, 0.15) is 12.2 Å². The van der Waals surface area contributed by atoms with Gasteiger partial charge in [0.25, 0.3) is 0 Å². The topological polar surface area (TPSA) is 105 Å². The molecule has 0 aliphatic rings. The van der Waals surface area contributed by atoms with E-state index in [0.717, 1.165) is 0 Å². The van der Waals surface area contributed by atoms with Crippen LogP contribution in [0.25, 0.3) is 0 Å². The van der Waals surface area contributed by atoms with Crippen molar-refractivity contribution >= 4 is 5.71 Å². The Labute approximate surface area is 64.4 Å². The predicted molar refractivity (Wildman–Crippen MR) is 38.5 cm³/mol. The molecule has 5 heteroatoms. The van der Waals surface area contributed by atoms with Crippen LogP contribution >= 0.6 is 0 Å². The van der Waals surface area contributed by atoms with Crippen LogP contribution in [-0.2, 0) is 0 Å².